The van der Waals surface area contributed by atoms with Crippen molar-refractivity contribution in [2.75, 3.05) is 0 Å². The van der Waals surface area contributed by atoms with Crippen LogP contribution < -0.4 is 5.48 Å². The molecule has 76 valence electrons. The maximum atomic E-state index is 9.52. The first-order chi connectivity index (χ1) is 6.36. The van der Waals surface area contributed by atoms with Gasteiger partial charge in [-0.3, -0.25) is 4.84 Å². The van der Waals surface area contributed by atoms with Gasteiger partial charge in [0, 0.05) is 0 Å². The van der Waals surface area contributed by atoms with Gasteiger partial charge in [-0.1, -0.05) is 12.8 Å². The van der Waals surface area contributed by atoms with Gasteiger partial charge in [-0.2, -0.15) is 5.48 Å². The van der Waals surface area contributed by atoms with Gasteiger partial charge in [0.1, 0.15) is 0 Å². The Balaban J connectivity index is 1.66. The molecule has 0 aromatic carbocycles. The van der Waals surface area contributed by atoms with Crippen LogP contribution >= 0.6 is 0 Å². The SMILES string of the molecule is O[C@@H]1CCC[C@H]1NOC1CCCC1. The zero-order valence-electron chi connectivity index (χ0n) is 8.04. The van der Waals surface area contributed by atoms with E-state index in [2.05, 4.69) is 5.48 Å². The Bertz CT molecular complexity index is 157. The maximum absolute atomic E-state index is 9.52. The molecule has 0 saturated heterocycles. The quantitative estimate of drug-likeness (QED) is 0.652. The highest BCUT2D eigenvalue weighted by atomic mass is 16.7. The second-order valence-electron chi connectivity index (χ2n) is 4.25. The lowest BCUT2D eigenvalue weighted by atomic mass is 10.2. The number of nitrogens with one attached hydrogen (secondary N) is 1. The minimum atomic E-state index is -0.193. The van der Waals surface area contributed by atoms with Crippen LogP contribution in [0.15, 0.2) is 0 Å². The molecule has 0 aliphatic heterocycles. The molecule has 2 fully saturated rings. The summed E-state index contributed by atoms with van der Waals surface area (Å²) in [5.41, 5.74) is 3.02. The van der Waals surface area contributed by atoms with Gasteiger partial charge in [0.2, 0.25) is 0 Å². The van der Waals surface area contributed by atoms with Crippen molar-refractivity contribution >= 4 is 0 Å². The minimum Gasteiger partial charge on any atom is -0.391 e. The van der Waals surface area contributed by atoms with Crippen LogP contribution in [0.1, 0.15) is 44.9 Å². The van der Waals surface area contributed by atoms with Gasteiger partial charge in [0.25, 0.3) is 0 Å². The van der Waals surface area contributed by atoms with Crippen molar-refractivity contribution in [3.05, 3.63) is 0 Å². The first-order valence-electron chi connectivity index (χ1n) is 5.45. The highest BCUT2D eigenvalue weighted by Gasteiger charge is 2.26. The molecule has 0 aromatic rings. The lowest BCUT2D eigenvalue weighted by molar-refractivity contribution is -0.0580. The van der Waals surface area contributed by atoms with Crippen molar-refractivity contribution in [1.82, 2.24) is 5.48 Å². The monoisotopic (exact) mass is 185 g/mol. The Labute approximate surface area is 79.4 Å². The molecule has 2 aliphatic carbocycles. The number of hydrogen-bond donors (Lipinski definition) is 2. The van der Waals surface area contributed by atoms with E-state index in [0.717, 1.165) is 19.3 Å². The minimum absolute atomic E-state index is 0.181. The van der Waals surface area contributed by atoms with Gasteiger partial charge < -0.3 is 5.11 Å². The molecule has 0 radical (unpaired) electrons. The topological polar surface area (TPSA) is 41.5 Å². The molecule has 3 nitrogen and oxygen atoms in total. The molecule has 0 bridgehead atoms. The van der Waals surface area contributed by atoms with Gasteiger partial charge in [-0.15, -0.1) is 0 Å². The van der Waals surface area contributed by atoms with Crippen molar-refractivity contribution in [1.29, 1.82) is 0 Å². The molecule has 0 spiro atoms. The van der Waals surface area contributed by atoms with E-state index in [4.69, 9.17) is 4.84 Å². The molecule has 0 heterocycles. The average molecular weight is 185 g/mol. The largest absolute Gasteiger partial charge is 0.391 e. The Morgan fingerprint density at radius 1 is 1.00 bits per heavy atom. The van der Waals surface area contributed by atoms with E-state index in [-0.39, 0.29) is 12.1 Å². The van der Waals surface area contributed by atoms with E-state index in [1.807, 2.05) is 0 Å². The molecular formula is C10H19NO2. The summed E-state index contributed by atoms with van der Waals surface area (Å²) in [7, 11) is 0. The molecule has 2 saturated carbocycles. The van der Waals surface area contributed by atoms with Crippen molar-refractivity contribution in [3.8, 4) is 0 Å². The molecular weight excluding hydrogens is 166 g/mol. The van der Waals surface area contributed by atoms with E-state index in [9.17, 15) is 5.11 Å². The molecule has 2 N–H and O–H groups in total. The fourth-order valence-electron chi connectivity index (χ4n) is 2.27. The number of hydroxylamine groups is 1. The van der Waals surface area contributed by atoms with Gasteiger partial charge in [-0.05, 0) is 32.1 Å². The first kappa shape index (κ1) is 9.44. The number of rotatable bonds is 3. The maximum Gasteiger partial charge on any atom is 0.0790 e. The third-order valence-corrected chi connectivity index (χ3v) is 3.17. The Hall–Kier alpha value is -0.120. The summed E-state index contributed by atoms with van der Waals surface area (Å²) in [5, 5.41) is 9.52. The van der Waals surface area contributed by atoms with E-state index >= 15 is 0 Å². The van der Waals surface area contributed by atoms with E-state index in [1.54, 1.807) is 0 Å². The van der Waals surface area contributed by atoms with E-state index in [0.29, 0.717) is 6.10 Å². The van der Waals surface area contributed by atoms with Crippen LogP contribution in [0.25, 0.3) is 0 Å². The van der Waals surface area contributed by atoms with Gasteiger partial charge >= 0.3 is 0 Å². The van der Waals surface area contributed by atoms with Crippen LogP contribution in [0.4, 0.5) is 0 Å². The summed E-state index contributed by atoms with van der Waals surface area (Å²) in [4.78, 5) is 5.55. The van der Waals surface area contributed by atoms with Crippen molar-refractivity contribution in [3.63, 3.8) is 0 Å². The zero-order chi connectivity index (χ0) is 9.10. The highest BCUT2D eigenvalue weighted by molar-refractivity contribution is 4.80. The second-order valence-corrected chi connectivity index (χ2v) is 4.25. The average Bonchev–Trinajstić information content (AvgIpc) is 2.72. The van der Waals surface area contributed by atoms with Gasteiger partial charge in [-0.25, -0.2) is 0 Å². The predicted octanol–water partition coefficient (Wildman–Crippen LogP) is 1.36. The third kappa shape index (κ3) is 2.42. The van der Waals surface area contributed by atoms with Gasteiger partial charge in [0.05, 0.1) is 18.2 Å². The Kier molecular flexibility index (Phi) is 3.19. The zero-order valence-corrected chi connectivity index (χ0v) is 8.04. The molecule has 2 rings (SSSR count). The molecule has 0 amide bonds. The Morgan fingerprint density at radius 2 is 1.77 bits per heavy atom. The second kappa shape index (κ2) is 4.40. The van der Waals surface area contributed by atoms with Crippen LogP contribution in [0.5, 0.6) is 0 Å². The van der Waals surface area contributed by atoms with Crippen molar-refractivity contribution in [2.24, 2.45) is 0 Å². The fourth-order valence-corrected chi connectivity index (χ4v) is 2.27. The lowest BCUT2D eigenvalue weighted by Gasteiger charge is -2.19. The Morgan fingerprint density at radius 3 is 2.38 bits per heavy atom. The van der Waals surface area contributed by atoms with Crippen LogP contribution in [0.2, 0.25) is 0 Å². The van der Waals surface area contributed by atoms with Crippen molar-refractivity contribution in [2.45, 2.75) is 63.2 Å². The van der Waals surface area contributed by atoms with Crippen LogP contribution in [-0.4, -0.2) is 23.4 Å². The summed E-state index contributed by atoms with van der Waals surface area (Å²) < 4.78 is 0. The number of hydrogen-bond acceptors (Lipinski definition) is 3. The van der Waals surface area contributed by atoms with Crippen LogP contribution in [-0.2, 0) is 4.84 Å². The lowest BCUT2D eigenvalue weighted by Crippen LogP contribution is -2.37. The van der Waals surface area contributed by atoms with Crippen LogP contribution in [0.3, 0.4) is 0 Å². The highest BCUT2D eigenvalue weighted by Crippen LogP contribution is 2.22. The summed E-state index contributed by atoms with van der Waals surface area (Å²) in [5.74, 6) is 0. The van der Waals surface area contributed by atoms with E-state index in [1.165, 1.54) is 25.7 Å². The molecule has 2 atom stereocenters. The summed E-state index contributed by atoms with van der Waals surface area (Å²) in [6, 6.07) is 0.181. The molecule has 3 heteroatoms. The van der Waals surface area contributed by atoms with Gasteiger partial charge in [0.15, 0.2) is 0 Å². The normalized spacial score (nSPS) is 35.8. The fraction of sp³-hybridized carbons (Fsp3) is 1.00. The van der Waals surface area contributed by atoms with Crippen molar-refractivity contribution < 1.29 is 9.94 Å². The third-order valence-electron chi connectivity index (χ3n) is 3.17. The number of aliphatic hydroxyl groups excluding tert-OH is 1. The summed E-state index contributed by atoms with van der Waals surface area (Å²) in [6.45, 7) is 0. The molecule has 13 heavy (non-hydrogen) atoms. The molecule has 2 aliphatic rings. The standard InChI is InChI=1S/C10H19NO2/c12-10-7-3-6-9(10)11-13-8-4-1-2-5-8/h8-12H,1-7H2/t9-,10-/m1/s1. The summed E-state index contributed by atoms with van der Waals surface area (Å²) in [6.07, 6.45) is 8.23. The smallest absolute Gasteiger partial charge is 0.0790 e. The predicted molar refractivity (Wildman–Crippen MR) is 50.1 cm³/mol. The first-order valence-corrected chi connectivity index (χ1v) is 5.45. The van der Waals surface area contributed by atoms with Crippen LogP contribution in [0, 0.1) is 0 Å². The number of aliphatic hydroxyl groups is 1. The molecule has 0 unspecified atom stereocenters. The van der Waals surface area contributed by atoms with E-state index < -0.39 is 0 Å². The molecule has 0 aromatic heterocycles. The summed E-state index contributed by atoms with van der Waals surface area (Å²) >= 11 is 0.